The monoisotopic (exact) mass is 196 g/mol. The average molecular weight is 197 g/mol. The highest BCUT2D eigenvalue weighted by atomic mass is 35.5. The van der Waals surface area contributed by atoms with E-state index in [1.165, 1.54) is 0 Å². The first-order chi connectivity index (χ1) is 6.29. The highest BCUT2D eigenvalue weighted by Crippen LogP contribution is 2.30. The maximum absolute atomic E-state index is 11.0. The van der Waals surface area contributed by atoms with Gasteiger partial charge in [-0.2, -0.15) is 0 Å². The molecule has 1 fully saturated rings. The molecule has 1 heterocycles. The van der Waals surface area contributed by atoms with Crippen molar-refractivity contribution in [1.82, 2.24) is 0 Å². The molecule has 13 heavy (non-hydrogen) atoms. The molecule has 0 amide bonds. The summed E-state index contributed by atoms with van der Waals surface area (Å²) in [5.74, 6) is 0.0869. The predicted molar refractivity (Wildman–Crippen MR) is 49.8 cm³/mol. The summed E-state index contributed by atoms with van der Waals surface area (Å²) in [6.07, 6.45) is -0.441. The SMILES string of the molecule is O=C1CO[C@@H]1[C@@H](Cl)c1ccccc1. The standard InChI is InChI=1S/C10H9ClO2/c11-9(10-8(12)6-13-10)7-4-2-1-3-5-7/h1-5,9-10H,6H2/t9-,10-/m0/s1. The highest BCUT2D eigenvalue weighted by Gasteiger charge is 2.36. The zero-order valence-electron chi connectivity index (χ0n) is 6.94. The molecule has 1 aromatic rings. The quantitative estimate of drug-likeness (QED) is 0.676. The number of rotatable bonds is 2. The molecule has 0 aliphatic carbocycles. The van der Waals surface area contributed by atoms with E-state index >= 15 is 0 Å². The second-order valence-electron chi connectivity index (χ2n) is 3.01. The molecule has 1 saturated heterocycles. The van der Waals surface area contributed by atoms with Crippen LogP contribution in [0, 0.1) is 0 Å². The van der Waals surface area contributed by atoms with Crippen LogP contribution in [0.25, 0.3) is 0 Å². The zero-order valence-corrected chi connectivity index (χ0v) is 7.70. The van der Waals surface area contributed by atoms with E-state index in [4.69, 9.17) is 16.3 Å². The molecule has 0 spiro atoms. The van der Waals surface area contributed by atoms with Crippen molar-refractivity contribution in [3.8, 4) is 0 Å². The normalized spacial score (nSPS) is 23.8. The van der Waals surface area contributed by atoms with Gasteiger partial charge in [0.15, 0.2) is 5.78 Å². The van der Waals surface area contributed by atoms with Crippen LogP contribution >= 0.6 is 11.6 Å². The lowest BCUT2D eigenvalue weighted by molar-refractivity contribution is -0.154. The number of carbonyl (C=O) groups excluding carboxylic acids is 1. The van der Waals surface area contributed by atoms with Gasteiger partial charge >= 0.3 is 0 Å². The summed E-state index contributed by atoms with van der Waals surface area (Å²) in [7, 11) is 0. The molecule has 0 radical (unpaired) electrons. The number of hydrogen-bond acceptors (Lipinski definition) is 2. The van der Waals surface area contributed by atoms with E-state index in [0.29, 0.717) is 0 Å². The van der Waals surface area contributed by atoms with Crippen molar-refractivity contribution in [2.45, 2.75) is 11.5 Å². The van der Waals surface area contributed by atoms with E-state index in [2.05, 4.69) is 0 Å². The van der Waals surface area contributed by atoms with E-state index in [1.807, 2.05) is 30.3 Å². The van der Waals surface area contributed by atoms with Gasteiger partial charge in [-0.3, -0.25) is 4.79 Å². The molecule has 2 atom stereocenters. The summed E-state index contributed by atoms with van der Waals surface area (Å²) in [4.78, 5) is 11.0. The second kappa shape index (κ2) is 3.48. The van der Waals surface area contributed by atoms with Crippen molar-refractivity contribution in [2.24, 2.45) is 0 Å². The fourth-order valence-corrected chi connectivity index (χ4v) is 1.67. The Bertz CT molecular complexity index is 310. The van der Waals surface area contributed by atoms with Gasteiger partial charge in [-0.05, 0) is 5.56 Å². The number of carbonyl (C=O) groups is 1. The summed E-state index contributed by atoms with van der Waals surface area (Å²) in [5, 5.41) is -0.345. The van der Waals surface area contributed by atoms with E-state index in [-0.39, 0.29) is 17.8 Å². The van der Waals surface area contributed by atoms with Crippen LogP contribution in [0.15, 0.2) is 30.3 Å². The molecular weight excluding hydrogens is 188 g/mol. The molecule has 2 rings (SSSR count). The number of hydrogen-bond donors (Lipinski definition) is 0. The highest BCUT2D eigenvalue weighted by molar-refractivity contribution is 6.23. The van der Waals surface area contributed by atoms with E-state index in [0.717, 1.165) is 5.56 Å². The summed E-state index contributed by atoms with van der Waals surface area (Å²) >= 11 is 6.06. The van der Waals surface area contributed by atoms with Crippen LogP contribution in [-0.2, 0) is 9.53 Å². The molecule has 1 aromatic carbocycles. The molecule has 0 N–H and O–H groups in total. The van der Waals surface area contributed by atoms with Crippen LogP contribution in [0.1, 0.15) is 10.9 Å². The Morgan fingerprint density at radius 2 is 2.08 bits per heavy atom. The first kappa shape index (κ1) is 8.73. The largest absolute Gasteiger partial charge is 0.361 e. The van der Waals surface area contributed by atoms with Gasteiger partial charge in [0, 0.05) is 0 Å². The first-order valence-electron chi connectivity index (χ1n) is 4.12. The van der Waals surface area contributed by atoms with Crippen LogP contribution in [0.3, 0.4) is 0 Å². The minimum Gasteiger partial charge on any atom is -0.361 e. The molecule has 3 heteroatoms. The first-order valence-corrected chi connectivity index (χ1v) is 4.56. The van der Waals surface area contributed by atoms with Crippen LogP contribution < -0.4 is 0 Å². The molecule has 1 aliphatic heterocycles. The average Bonchev–Trinajstić information content (AvgIpc) is 2.17. The van der Waals surface area contributed by atoms with Crippen molar-refractivity contribution in [3.05, 3.63) is 35.9 Å². The minimum absolute atomic E-state index is 0.0869. The molecular formula is C10H9ClO2. The van der Waals surface area contributed by atoms with Gasteiger partial charge in [-0.25, -0.2) is 0 Å². The Hall–Kier alpha value is -0.860. The number of ketones is 1. The lowest BCUT2D eigenvalue weighted by atomic mass is 10.0. The molecule has 0 unspecified atom stereocenters. The van der Waals surface area contributed by atoms with Gasteiger partial charge < -0.3 is 4.74 Å². The molecule has 1 aliphatic rings. The third-order valence-corrected chi connectivity index (χ3v) is 2.59. The number of alkyl halides is 1. The van der Waals surface area contributed by atoms with Crippen LogP contribution in [0.2, 0.25) is 0 Å². The van der Waals surface area contributed by atoms with Gasteiger partial charge in [0.1, 0.15) is 12.7 Å². The fraction of sp³-hybridized carbons (Fsp3) is 0.300. The number of ether oxygens (including phenoxy) is 1. The third kappa shape index (κ3) is 1.60. The van der Waals surface area contributed by atoms with Crippen molar-refractivity contribution in [2.75, 3.05) is 6.61 Å². The summed E-state index contributed by atoms with van der Waals surface area (Å²) < 4.78 is 5.08. The van der Waals surface area contributed by atoms with Gasteiger partial charge in [-0.1, -0.05) is 30.3 Å². The van der Waals surface area contributed by atoms with Crippen molar-refractivity contribution < 1.29 is 9.53 Å². The fourth-order valence-electron chi connectivity index (χ4n) is 1.31. The smallest absolute Gasteiger partial charge is 0.189 e. The van der Waals surface area contributed by atoms with Crippen molar-refractivity contribution in [3.63, 3.8) is 0 Å². The van der Waals surface area contributed by atoms with Crippen LogP contribution in [0.4, 0.5) is 0 Å². The molecule has 2 nitrogen and oxygen atoms in total. The molecule has 0 aromatic heterocycles. The van der Waals surface area contributed by atoms with Crippen molar-refractivity contribution in [1.29, 1.82) is 0 Å². The van der Waals surface area contributed by atoms with Gasteiger partial charge in [-0.15, -0.1) is 11.6 Å². The van der Waals surface area contributed by atoms with E-state index in [1.54, 1.807) is 0 Å². The minimum atomic E-state index is -0.441. The molecule has 0 saturated carbocycles. The maximum Gasteiger partial charge on any atom is 0.189 e. The van der Waals surface area contributed by atoms with Crippen LogP contribution in [0.5, 0.6) is 0 Å². The summed E-state index contributed by atoms with van der Waals surface area (Å²) in [6, 6.07) is 9.50. The zero-order chi connectivity index (χ0) is 9.26. The number of Topliss-reactive ketones (excluding diaryl/α,β-unsaturated/α-hetero) is 1. The Balaban J connectivity index is 2.13. The van der Waals surface area contributed by atoms with E-state index < -0.39 is 6.10 Å². The molecule has 68 valence electrons. The maximum atomic E-state index is 11.0. The third-order valence-electron chi connectivity index (χ3n) is 2.11. The predicted octanol–water partition coefficient (Wildman–Crippen LogP) is 1.93. The Kier molecular flexibility index (Phi) is 2.34. The molecule has 0 bridgehead atoms. The topological polar surface area (TPSA) is 26.3 Å². The number of benzene rings is 1. The lowest BCUT2D eigenvalue weighted by Gasteiger charge is -2.28. The summed E-state index contributed by atoms with van der Waals surface area (Å²) in [5.41, 5.74) is 0.933. The lowest BCUT2D eigenvalue weighted by Crippen LogP contribution is -2.42. The summed E-state index contributed by atoms with van der Waals surface area (Å²) in [6.45, 7) is 0.209. The van der Waals surface area contributed by atoms with Crippen molar-refractivity contribution >= 4 is 17.4 Å². The van der Waals surface area contributed by atoms with Gasteiger partial charge in [0.25, 0.3) is 0 Å². The Morgan fingerprint density at radius 3 is 2.54 bits per heavy atom. The Labute approximate surface area is 81.5 Å². The van der Waals surface area contributed by atoms with Gasteiger partial charge in [0.2, 0.25) is 0 Å². The Morgan fingerprint density at radius 1 is 1.38 bits per heavy atom. The van der Waals surface area contributed by atoms with Crippen LogP contribution in [-0.4, -0.2) is 18.5 Å². The van der Waals surface area contributed by atoms with E-state index in [9.17, 15) is 4.79 Å². The second-order valence-corrected chi connectivity index (χ2v) is 3.48. The number of halogens is 1. The van der Waals surface area contributed by atoms with Gasteiger partial charge in [0.05, 0.1) is 5.38 Å².